The van der Waals surface area contributed by atoms with Crippen molar-refractivity contribution in [3.05, 3.63) is 35.3 Å². The van der Waals surface area contributed by atoms with Crippen LogP contribution in [0.1, 0.15) is 26.2 Å². The largest absolute Gasteiger partial charge is 0.493 e. The van der Waals surface area contributed by atoms with Crippen molar-refractivity contribution in [2.24, 2.45) is 28.6 Å². The Hall–Kier alpha value is -2.17. The van der Waals surface area contributed by atoms with Crippen molar-refractivity contribution in [3.63, 3.8) is 0 Å². The molecule has 5 nitrogen and oxygen atoms in total. The summed E-state index contributed by atoms with van der Waals surface area (Å²) in [5.41, 5.74) is -0.0119. The van der Waals surface area contributed by atoms with Gasteiger partial charge in [0.25, 0.3) is 0 Å². The first-order chi connectivity index (χ1) is 11.5. The highest BCUT2D eigenvalue weighted by Crippen LogP contribution is 2.89. The van der Waals surface area contributed by atoms with E-state index in [2.05, 4.69) is 6.08 Å². The number of methoxy groups -OCH3 is 1. The predicted octanol–water partition coefficient (Wildman–Crippen LogP) is 2.09. The van der Waals surface area contributed by atoms with E-state index in [9.17, 15) is 14.4 Å². The summed E-state index contributed by atoms with van der Waals surface area (Å²) in [6, 6.07) is 0. The summed E-state index contributed by atoms with van der Waals surface area (Å²) in [4.78, 5) is 36.8. The molecule has 0 radical (unpaired) electrons. The summed E-state index contributed by atoms with van der Waals surface area (Å²) in [7, 11) is 1.53. The first-order valence-corrected chi connectivity index (χ1v) is 8.42. The first-order valence-electron chi connectivity index (χ1n) is 8.42. The molecule has 124 valence electrons. The monoisotopic (exact) mass is 326 g/mol. The van der Waals surface area contributed by atoms with E-state index in [1.165, 1.54) is 14.0 Å². The Morgan fingerprint density at radius 2 is 2.08 bits per heavy atom. The molecule has 1 unspecified atom stereocenters. The normalized spacial score (nSPS) is 43.9. The average Bonchev–Trinajstić information content (AvgIpc) is 3.09. The molecule has 0 aromatic carbocycles. The van der Waals surface area contributed by atoms with Gasteiger partial charge in [-0.05, 0) is 36.5 Å². The highest BCUT2D eigenvalue weighted by molar-refractivity contribution is 6.01. The van der Waals surface area contributed by atoms with Gasteiger partial charge in [0.05, 0.1) is 12.5 Å². The van der Waals surface area contributed by atoms with Gasteiger partial charge in [0.2, 0.25) is 0 Å². The van der Waals surface area contributed by atoms with Gasteiger partial charge in [0.15, 0.2) is 17.3 Å². The Morgan fingerprint density at radius 3 is 2.79 bits per heavy atom. The van der Waals surface area contributed by atoms with E-state index >= 15 is 0 Å². The van der Waals surface area contributed by atoms with Crippen molar-refractivity contribution in [1.29, 1.82) is 0 Å². The van der Waals surface area contributed by atoms with Gasteiger partial charge >= 0.3 is 5.97 Å². The van der Waals surface area contributed by atoms with Crippen molar-refractivity contribution in [3.8, 4) is 0 Å². The minimum absolute atomic E-state index is 0.00329. The molecule has 4 saturated carbocycles. The number of carbonyl (C=O) groups is 3. The van der Waals surface area contributed by atoms with E-state index in [0.29, 0.717) is 24.4 Å². The Balaban J connectivity index is 1.78. The molecule has 0 saturated heterocycles. The Kier molecular flexibility index (Phi) is 2.41. The third kappa shape index (κ3) is 1.26. The van der Waals surface area contributed by atoms with Gasteiger partial charge in [-0.3, -0.25) is 14.4 Å². The summed E-state index contributed by atoms with van der Waals surface area (Å²) in [5, 5.41) is 0. The molecule has 24 heavy (non-hydrogen) atoms. The Morgan fingerprint density at radius 1 is 1.29 bits per heavy atom. The second kappa shape index (κ2) is 4.08. The smallest absolute Gasteiger partial charge is 0.307 e. The number of Topliss-reactive ketones (excluding diaryl/α,β-unsaturated/α-hetero) is 1. The number of ether oxygens (including phenoxy) is 2. The lowest BCUT2D eigenvalue weighted by Gasteiger charge is -2.45. The van der Waals surface area contributed by atoms with Gasteiger partial charge < -0.3 is 9.47 Å². The van der Waals surface area contributed by atoms with Crippen LogP contribution < -0.4 is 0 Å². The topological polar surface area (TPSA) is 69.7 Å². The maximum absolute atomic E-state index is 13.0. The van der Waals surface area contributed by atoms with Crippen LogP contribution in [-0.4, -0.2) is 24.6 Å². The lowest BCUT2D eigenvalue weighted by Crippen LogP contribution is -2.44. The van der Waals surface area contributed by atoms with Crippen LogP contribution in [0.5, 0.6) is 0 Å². The molecule has 0 aliphatic heterocycles. The second-order valence-corrected chi connectivity index (χ2v) is 7.53. The number of allylic oxidation sites excluding steroid dienone is 4. The van der Waals surface area contributed by atoms with Crippen molar-refractivity contribution in [1.82, 2.24) is 0 Å². The quantitative estimate of drug-likeness (QED) is 0.727. The fraction of sp³-hybridized carbons (Fsp3) is 0.526. The molecule has 0 aromatic heterocycles. The van der Waals surface area contributed by atoms with Gasteiger partial charge in [0.1, 0.15) is 5.78 Å². The minimum atomic E-state index is -0.675. The molecule has 0 N–H and O–H groups in total. The van der Waals surface area contributed by atoms with E-state index in [4.69, 9.17) is 9.47 Å². The van der Waals surface area contributed by atoms with Crippen LogP contribution in [0.3, 0.4) is 0 Å². The van der Waals surface area contributed by atoms with Crippen LogP contribution in [0, 0.1) is 28.6 Å². The van der Waals surface area contributed by atoms with E-state index in [0.717, 1.165) is 12.0 Å². The predicted molar refractivity (Wildman–Crippen MR) is 82.2 cm³/mol. The number of hydrogen-bond acceptors (Lipinski definition) is 5. The van der Waals surface area contributed by atoms with Crippen LogP contribution >= 0.6 is 0 Å². The maximum Gasteiger partial charge on any atom is 0.307 e. The molecule has 0 aromatic rings. The molecule has 0 heterocycles. The van der Waals surface area contributed by atoms with E-state index in [1.54, 1.807) is 6.08 Å². The zero-order valence-electron chi connectivity index (χ0n) is 13.6. The summed E-state index contributed by atoms with van der Waals surface area (Å²) in [6.45, 7) is 1.35. The summed E-state index contributed by atoms with van der Waals surface area (Å²) in [6.07, 6.45) is 7.58. The molecular formula is C19H18O5. The average molecular weight is 326 g/mol. The van der Waals surface area contributed by atoms with Crippen molar-refractivity contribution < 1.29 is 23.9 Å². The van der Waals surface area contributed by atoms with Gasteiger partial charge in [-0.1, -0.05) is 6.08 Å². The van der Waals surface area contributed by atoms with E-state index < -0.39 is 11.4 Å². The molecule has 6 aliphatic carbocycles. The molecule has 5 atom stereocenters. The molecule has 6 aliphatic rings. The highest BCUT2D eigenvalue weighted by Gasteiger charge is 2.90. The minimum Gasteiger partial charge on any atom is -0.493 e. The van der Waals surface area contributed by atoms with Gasteiger partial charge in [-0.15, -0.1) is 0 Å². The highest BCUT2D eigenvalue weighted by atomic mass is 16.6. The summed E-state index contributed by atoms with van der Waals surface area (Å²) in [5.74, 6) is 0.719. The first kappa shape index (κ1) is 14.2. The molecule has 5 heteroatoms. The second-order valence-electron chi connectivity index (χ2n) is 7.53. The van der Waals surface area contributed by atoms with Crippen molar-refractivity contribution in [2.75, 3.05) is 7.11 Å². The van der Waals surface area contributed by atoms with Gasteiger partial charge in [0, 0.05) is 30.6 Å². The zero-order chi connectivity index (χ0) is 16.9. The number of rotatable bonds is 2. The third-order valence-electron chi connectivity index (χ3n) is 6.75. The van der Waals surface area contributed by atoms with Crippen LogP contribution in [0.4, 0.5) is 0 Å². The lowest BCUT2D eigenvalue weighted by molar-refractivity contribution is -0.140. The molecule has 2 spiro atoms. The summed E-state index contributed by atoms with van der Waals surface area (Å²) >= 11 is 0. The Labute approximate surface area is 139 Å². The lowest BCUT2D eigenvalue weighted by atomic mass is 9.58. The standard InChI is InChI=1S/C19H18O5/c1-9(20)24-17-14(23-2)5-6-18-8-12-11-4-3-10(21)7-13(11)19(17,18)16(18)15(12)22/h5-7,11-12,16H,3-4,8H2,1-2H3/t11-,12+,16?,18+,19-/m1/s1. The van der Waals surface area contributed by atoms with E-state index in [-0.39, 0.29) is 34.7 Å². The van der Waals surface area contributed by atoms with Crippen LogP contribution in [0.2, 0.25) is 0 Å². The Bertz CT molecular complexity index is 816. The van der Waals surface area contributed by atoms with Crippen molar-refractivity contribution >= 4 is 17.5 Å². The van der Waals surface area contributed by atoms with Crippen molar-refractivity contribution in [2.45, 2.75) is 26.2 Å². The van der Waals surface area contributed by atoms with Gasteiger partial charge in [-0.25, -0.2) is 0 Å². The number of hydrogen-bond donors (Lipinski definition) is 0. The fourth-order valence-electron chi connectivity index (χ4n) is 6.09. The van der Waals surface area contributed by atoms with Crippen LogP contribution in [0.15, 0.2) is 35.3 Å². The third-order valence-corrected chi connectivity index (χ3v) is 6.75. The summed E-state index contributed by atoms with van der Waals surface area (Å²) < 4.78 is 11.0. The number of ketones is 2. The van der Waals surface area contributed by atoms with Crippen LogP contribution in [-0.2, 0) is 23.9 Å². The molecular weight excluding hydrogens is 308 g/mol. The molecule has 0 amide bonds. The van der Waals surface area contributed by atoms with E-state index in [1.807, 2.05) is 6.08 Å². The van der Waals surface area contributed by atoms with Gasteiger partial charge in [-0.2, -0.15) is 0 Å². The SMILES string of the molecule is COC1=C(OC(C)=O)[C@]23C4=CC(=O)CC[C@@H]4[C@@H]4C[C@@]2(C=C1)C3C4=O. The maximum atomic E-state index is 13.0. The number of carbonyl (C=O) groups excluding carboxylic acids is 3. The number of esters is 1. The van der Waals surface area contributed by atoms with Crippen LogP contribution in [0.25, 0.3) is 0 Å². The molecule has 4 fully saturated rings. The fourth-order valence-corrected chi connectivity index (χ4v) is 6.09. The zero-order valence-corrected chi connectivity index (χ0v) is 13.6. The molecule has 6 rings (SSSR count). The molecule has 4 bridgehead atoms.